The lowest BCUT2D eigenvalue weighted by Crippen LogP contribution is -2.09. The van der Waals surface area contributed by atoms with Crippen LogP contribution in [0, 0.1) is 0 Å². The van der Waals surface area contributed by atoms with Crippen LogP contribution >= 0.6 is 0 Å². The van der Waals surface area contributed by atoms with Crippen molar-refractivity contribution in [1.82, 2.24) is 19.3 Å². The third kappa shape index (κ3) is 2.73. The van der Waals surface area contributed by atoms with Crippen molar-refractivity contribution < 1.29 is 4.74 Å². The first-order chi connectivity index (χ1) is 9.19. The smallest absolute Gasteiger partial charge is 0.202 e. The molecule has 0 aliphatic carbocycles. The van der Waals surface area contributed by atoms with E-state index in [4.69, 9.17) is 10.5 Å². The monoisotopic (exact) mass is 265 g/mol. The van der Waals surface area contributed by atoms with Crippen molar-refractivity contribution >= 4 is 17.1 Å². The van der Waals surface area contributed by atoms with E-state index in [9.17, 15) is 0 Å². The third-order valence-electron chi connectivity index (χ3n) is 3.17. The van der Waals surface area contributed by atoms with Gasteiger partial charge in [-0.3, -0.25) is 9.25 Å². The maximum Gasteiger partial charge on any atom is 0.202 e. The molecule has 0 aromatic carbocycles. The Morgan fingerprint density at radius 3 is 2.74 bits per heavy atom. The molecule has 0 spiro atoms. The summed E-state index contributed by atoms with van der Waals surface area (Å²) in [6, 6.07) is 0. The Balaban J connectivity index is 2.13. The van der Waals surface area contributed by atoms with Gasteiger partial charge in [0.1, 0.15) is 5.52 Å². The van der Waals surface area contributed by atoms with Crippen molar-refractivity contribution in [1.29, 1.82) is 0 Å². The Labute approximate surface area is 113 Å². The van der Waals surface area contributed by atoms with Crippen LogP contribution in [0.25, 0.3) is 11.2 Å². The van der Waals surface area contributed by atoms with E-state index in [1.165, 1.54) is 0 Å². The zero-order valence-corrected chi connectivity index (χ0v) is 12.0. The van der Waals surface area contributed by atoms with Crippen LogP contribution in [-0.4, -0.2) is 32.5 Å². The van der Waals surface area contributed by atoms with E-state index >= 15 is 0 Å². The van der Waals surface area contributed by atoms with Crippen LogP contribution in [-0.2, 0) is 24.8 Å². The predicted molar refractivity (Wildman–Crippen MR) is 76.0 cm³/mol. The van der Waals surface area contributed by atoms with Crippen LogP contribution in [0.15, 0.2) is 0 Å². The van der Waals surface area contributed by atoms with Gasteiger partial charge in [-0.2, -0.15) is 5.10 Å². The molecule has 2 aromatic rings. The molecule has 0 saturated heterocycles. The molecule has 0 fully saturated rings. The number of anilines is 1. The van der Waals surface area contributed by atoms with Crippen molar-refractivity contribution in [2.45, 2.75) is 39.7 Å². The fourth-order valence-electron chi connectivity index (χ4n) is 2.29. The number of nitrogens with two attached hydrogens (primary N) is 1. The zero-order chi connectivity index (χ0) is 13.8. The molecule has 2 heterocycles. The zero-order valence-electron chi connectivity index (χ0n) is 12.0. The summed E-state index contributed by atoms with van der Waals surface area (Å²) < 4.78 is 9.38. The standard InChI is InChI=1S/C13H23N5O/c1-4-8-19-9-6-7-18-12-11(15-13(18)14)10(5-2)16-17(12)3/h4-9H2,1-3H3,(H2,14,15). The fourth-order valence-corrected chi connectivity index (χ4v) is 2.29. The van der Waals surface area contributed by atoms with E-state index in [1.54, 1.807) is 0 Å². The predicted octanol–water partition coefficient (Wildman–Crippen LogP) is 1.73. The maximum atomic E-state index is 6.00. The topological polar surface area (TPSA) is 70.9 Å². The van der Waals surface area contributed by atoms with Gasteiger partial charge in [-0.25, -0.2) is 4.98 Å². The SMILES string of the molecule is CCCOCCCn1c(N)nc2c(CC)nn(C)c21. The van der Waals surface area contributed by atoms with Gasteiger partial charge in [-0.15, -0.1) is 0 Å². The summed E-state index contributed by atoms with van der Waals surface area (Å²) in [7, 11) is 1.94. The summed E-state index contributed by atoms with van der Waals surface area (Å²) >= 11 is 0. The second kappa shape index (κ2) is 6.06. The van der Waals surface area contributed by atoms with Crippen molar-refractivity contribution in [2.24, 2.45) is 7.05 Å². The minimum absolute atomic E-state index is 0.563. The lowest BCUT2D eigenvalue weighted by molar-refractivity contribution is 0.129. The molecule has 0 saturated carbocycles. The number of imidazole rings is 1. The Hall–Kier alpha value is -1.56. The highest BCUT2D eigenvalue weighted by atomic mass is 16.5. The molecule has 0 atom stereocenters. The van der Waals surface area contributed by atoms with E-state index in [-0.39, 0.29) is 0 Å². The van der Waals surface area contributed by atoms with E-state index in [0.29, 0.717) is 5.95 Å². The molecule has 106 valence electrons. The number of aromatic nitrogens is 4. The van der Waals surface area contributed by atoms with Gasteiger partial charge in [0.2, 0.25) is 5.95 Å². The molecular weight excluding hydrogens is 242 g/mol. The van der Waals surface area contributed by atoms with Crippen LogP contribution in [0.4, 0.5) is 5.95 Å². The van der Waals surface area contributed by atoms with Crippen molar-refractivity contribution in [2.75, 3.05) is 18.9 Å². The Bertz CT molecular complexity index is 543. The minimum atomic E-state index is 0.563. The van der Waals surface area contributed by atoms with E-state index in [1.807, 2.05) is 16.3 Å². The third-order valence-corrected chi connectivity index (χ3v) is 3.17. The molecule has 0 unspecified atom stereocenters. The summed E-state index contributed by atoms with van der Waals surface area (Å²) in [6.07, 6.45) is 2.86. The number of ether oxygens (including phenoxy) is 1. The molecule has 0 amide bonds. The largest absolute Gasteiger partial charge is 0.381 e. The number of aryl methyl sites for hydroxylation is 3. The number of rotatable bonds is 7. The second-order valence-electron chi connectivity index (χ2n) is 4.68. The molecule has 2 rings (SSSR count). The van der Waals surface area contributed by atoms with Crippen LogP contribution in [0.3, 0.4) is 0 Å². The van der Waals surface area contributed by atoms with Crippen LogP contribution in [0.5, 0.6) is 0 Å². The normalized spacial score (nSPS) is 11.5. The van der Waals surface area contributed by atoms with Crippen LogP contribution < -0.4 is 5.73 Å². The molecule has 6 heteroatoms. The molecule has 2 N–H and O–H groups in total. The minimum Gasteiger partial charge on any atom is -0.381 e. The first-order valence-corrected chi connectivity index (χ1v) is 6.94. The van der Waals surface area contributed by atoms with Gasteiger partial charge in [0.05, 0.1) is 5.69 Å². The molecule has 0 bridgehead atoms. The Morgan fingerprint density at radius 2 is 2.05 bits per heavy atom. The van der Waals surface area contributed by atoms with Crippen molar-refractivity contribution in [3.05, 3.63) is 5.69 Å². The number of nitrogens with zero attached hydrogens (tertiary/aromatic N) is 4. The number of hydrogen-bond acceptors (Lipinski definition) is 4. The van der Waals surface area contributed by atoms with Gasteiger partial charge < -0.3 is 10.5 Å². The molecule has 0 aliphatic heterocycles. The van der Waals surface area contributed by atoms with Gasteiger partial charge in [-0.05, 0) is 19.3 Å². The number of nitrogen functional groups attached to an aromatic ring is 1. The Morgan fingerprint density at radius 1 is 1.26 bits per heavy atom. The van der Waals surface area contributed by atoms with E-state index < -0.39 is 0 Å². The van der Waals surface area contributed by atoms with E-state index in [2.05, 4.69) is 23.9 Å². The molecule has 0 radical (unpaired) electrons. The first kappa shape index (κ1) is 13.9. The molecular formula is C13H23N5O. The molecule has 6 nitrogen and oxygen atoms in total. The highest BCUT2D eigenvalue weighted by Crippen LogP contribution is 2.21. The van der Waals surface area contributed by atoms with E-state index in [0.717, 1.165) is 55.9 Å². The van der Waals surface area contributed by atoms with Crippen LogP contribution in [0.1, 0.15) is 32.4 Å². The summed E-state index contributed by atoms with van der Waals surface area (Å²) in [4.78, 5) is 4.44. The fraction of sp³-hybridized carbons (Fsp3) is 0.692. The number of hydrogen-bond donors (Lipinski definition) is 1. The van der Waals surface area contributed by atoms with Gasteiger partial charge in [0.25, 0.3) is 0 Å². The average molecular weight is 265 g/mol. The highest BCUT2D eigenvalue weighted by molar-refractivity contribution is 5.77. The Kier molecular flexibility index (Phi) is 4.42. The lowest BCUT2D eigenvalue weighted by Gasteiger charge is -2.07. The molecule has 2 aromatic heterocycles. The summed E-state index contributed by atoms with van der Waals surface area (Å²) in [5.74, 6) is 0.563. The van der Waals surface area contributed by atoms with Crippen molar-refractivity contribution in [3.63, 3.8) is 0 Å². The van der Waals surface area contributed by atoms with Crippen LogP contribution in [0.2, 0.25) is 0 Å². The summed E-state index contributed by atoms with van der Waals surface area (Å²) in [5, 5.41) is 4.47. The van der Waals surface area contributed by atoms with Gasteiger partial charge in [0, 0.05) is 26.8 Å². The molecule has 19 heavy (non-hydrogen) atoms. The average Bonchev–Trinajstić information content (AvgIpc) is 2.87. The number of fused-ring (bicyclic) bond motifs is 1. The summed E-state index contributed by atoms with van der Waals surface area (Å²) in [6.45, 7) is 6.58. The van der Waals surface area contributed by atoms with Gasteiger partial charge in [-0.1, -0.05) is 13.8 Å². The second-order valence-corrected chi connectivity index (χ2v) is 4.68. The maximum absolute atomic E-state index is 6.00. The quantitative estimate of drug-likeness (QED) is 0.774. The lowest BCUT2D eigenvalue weighted by atomic mass is 10.3. The van der Waals surface area contributed by atoms with Crippen molar-refractivity contribution in [3.8, 4) is 0 Å². The van der Waals surface area contributed by atoms with Gasteiger partial charge in [0.15, 0.2) is 5.65 Å². The highest BCUT2D eigenvalue weighted by Gasteiger charge is 2.16. The molecule has 0 aliphatic rings. The van der Waals surface area contributed by atoms with Gasteiger partial charge >= 0.3 is 0 Å². The summed E-state index contributed by atoms with van der Waals surface area (Å²) in [5.41, 5.74) is 8.94. The first-order valence-electron chi connectivity index (χ1n) is 6.94.